The summed E-state index contributed by atoms with van der Waals surface area (Å²) >= 11 is 0. The number of aryl methyl sites for hydroxylation is 1. The fourth-order valence-corrected chi connectivity index (χ4v) is 4.61. The molecule has 0 saturated heterocycles. The Morgan fingerprint density at radius 2 is 1.56 bits per heavy atom. The van der Waals surface area contributed by atoms with Gasteiger partial charge in [-0.1, -0.05) is 42.5 Å². The van der Waals surface area contributed by atoms with E-state index in [-0.39, 0.29) is 6.04 Å². The molecule has 1 aliphatic heterocycles. The summed E-state index contributed by atoms with van der Waals surface area (Å²) in [6.07, 6.45) is -1.34. The number of fused-ring (bicyclic) bond motifs is 1. The van der Waals surface area contributed by atoms with Gasteiger partial charge in [-0.25, -0.2) is 0 Å². The third kappa shape index (κ3) is 4.87. The lowest BCUT2D eigenvalue weighted by Gasteiger charge is -2.31. The highest BCUT2D eigenvalue weighted by molar-refractivity contribution is 5.36. The van der Waals surface area contributed by atoms with Crippen molar-refractivity contribution in [3.05, 3.63) is 120 Å². The van der Waals surface area contributed by atoms with Crippen LogP contribution in [0, 0.1) is 0 Å². The predicted molar refractivity (Wildman–Crippen MR) is 126 cm³/mol. The Bertz CT molecular complexity index is 1230. The second-order valence-corrected chi connectivity index (χ2v) is 8.54. The number of nitrogens with zero attached hydrogens (tertiary/aromatic N) is 2. The largest absolute Gasteiger partial charge is 0.457 e. The summed E-state index contributed by atoms with van der Waals surface area (Å²) in [6, 6.07) is 27.1. The average Bonchev–Trinajstić information content (AvgIpc) is 3.21. The molecule has 4 aromatic rings. The Balaban J connectivity index is 1.44. The lowest BCUT2D eigenvalue weighted by molar-refractivity contribution is -0.137. The molecule has 0 fully saturated rings. The molecule has 0 amide bonds. The first-order valence-electron chi connectivity index (χ1n) is 11.4. The molecule has 0 saturated carbocycles. The van der Waals surface area contributed by atoms with Gasteiger partial charge in [-0.15, -0.1) is 0 Å². The molecule has 0 bridgehead atoms. The topological polar surface area (TPSA) is 17.4 Å². The quantitative estimate of drug-likeness (QED) is 0.310. The Kier molecular flexibility index (Phi) is 6.16. The van der Waals surface area contributed by atoms with Gasteiger partial charge in [0, 0.05) is 31.5 Å². The van der Waals surface area contributed by atoms with Gasteiger partial charge in [0.05, 0.1) is 11.6 Å². The molecule has 0 aliphatic carbocycles. The van der Waals surface area contributed by atoms with Crippen LogP contribution < -0.4 is 4.74 Å². The highest BCUT2D eigenvalue weighted by atomic mass is 19.4. The molecule has 0 spiro atoms. The third-order valence-corrected chi connectivity index (χ3v) is 6.17. The summed E-state index contributed by atoms with van der Waals surface area (Å²) in [5.41, 5.74) is 2.41. The van der Waals surface area contributed by atoms with Crippen molar-refractivity contribution in [2.75, 3.05) is 6.54 Å². The van der Waals surface area contributed by atoms with Gasteiger partial charge in [0.15, 0.2) is 0 Å². The van der Waals surface area contributed by atoms with E-state index in [1.54, 1.807) is 12.1 Å². The second-order valence-electron chi connectivity index (χ2n) is 8.54. The lowest BCUT2D eigenvalue weighted by atomic mass is 9.99. The van der Waals surface area contributed by atoms with Gasteiger partial charge in [-0.05, 0) is 66.1 Å². The molecule has 3 aromatic carbocycles. The third-order valence-electron chi connectivity index (χ3n) is 6.17. The van der Waals surface area contributed by atoms with Crippen molar-refractivity contribution in [1.82, 2.24) is 9.47 Å². The van der Waals surface area contributed by atoms with Crippen molar-refractivity contribution in [2.45, 2.75) is 31.7 Å². The number of alkyl halides is 3. The van der Waals surface area contributed by atoms with Gasteiger partial charge in [-0.3, -0.25) is 4.90 Å². The van der Waals surface area contributed by atoms with Crippen LogP contribution in [0.15, 0.2) is 97.2 Å². The van der Waals surface area contributed by atoms with Gasteiger partial charge in [0.25, 0.3) is 0 Å². The van der Waals surface area contributed by atoms with Gasteiger partial charge in [0.2, 0.25) is 0 Å². The monoisotopic (exact) mass is 462 g/mol. The van der Waals surface area contributed by atoms with E-state index in [1.165, 1.54) is 12.1 Å². The first kappa shape index (κ1) is 22.3. The number of hydrogen-bond donors (Lipinski definition) is 0. The molecule has 2 heterocycles. The van der Waals surface area contributed by atoms with Gasteiger partial charge < -0.3 is 9.30 Å². The summed E-state index contributed by atoms with van der Waals surface area (Å²) in [6.45, 7) is 2.37. The van der Waals surface area contributed by atoms with Crippen molar-refractivity contribution >= 4 is 0 Å². The highest BCUT2D eigenvalue weighted by Crippen LogP contribution is 2.36. The highest BCUT2D eigenvalue weighted by Gasteiger charge is 2.32. The molecule has 1 aliphatic rings. The van der Waals surface area contributed by atoms with E-state index >= 15 is 0 Å². The minimum Gasteiger partial charge on any atom is -0.457 e. The minimum absolute atomic E-state index is 0.140. The van der Waals surface area contributed by atoms with Crippen LogP contribution >= 0.6 is 0 Å². The van der Waals surface area contributed by atoms with Crippen LogP contribution in [0.2, 0.25) is 0 Å². The van der Waals surface area contributed by atoms with E-state index in [2.05, 4.69) is 21.6 Å². The van der Waals surface area contributed by atoms with Crippen LogP contribution in [0.5, 0.6) is 11.5 Å². The van der Waals surface area contributed by atoms with Crippen LogP contribution in [0.1, 0.15) is 34.8 Å². The van der Waals surface area contributed by atoms with E-state index in [0.29, 0.717) is 6.54 Å². The Labute approximate surface area is 197 Å². The van der Waals surface area contributed by atoms with Gasteiger partial charge in [-0.2, -0.15) is 13.2 Å². The fraction of sp³-hybridized carbons (Fsp3) is 0.214. The Morgan fingerprint density at radius 1 is 0.794 bits per heavy atom. The van der Waals surface area contributed by atoms with Crippen LogP contribution in [0.4, 0.5) is 13.2 Å². The fourth-order valence-electron chi connectivity index (χ4n) is 4.61. The summed E-state index contributed by atoms with van der Waals surface area (Å²) in [7, 11) is 0. The molecule has 6 heteroatoms. The SMILES string of the molecule is FC(F)(F)c1ccc(C2c3cccn3CCCN2Cc2cccc(Oc3ccccc3)c2)cc1. The number of para-hydroxylation sites is 1. The molecule has 34 heavy (non-hydrogen) atoms. The van der Waals surface area contributed by atoms with Crippen molar-refractivity contribution in [3.63, 3.8) is 0 Å². The summed E-state index contributed by atoms with van der Waals surface area (Å²) in [5, 5.41) is 0. The molecule has 1 unspecified atom stereocenters. The maximum atomic E-state index is 13.1. The number of rotatable bonds is 5. The van der Waals surface area contributed by atoms with Crippen LogP contribution in [0.25, 0.3) is 0 Å². The molecule has 174 valence electrons. The summed E-state index contributed by atoms with van der Waals surface area (Å²) in [4.78, 5) is 2.34. The van der Waals surface area contributed by atoms with E-state index < -0.39 is 11.7 Å². The normalized spacial score (nSPS) is 16.6. The molecule has 5 rings (SSSR count). The standard InChI is InChI=1S/C28H25F3N2O/c29-28(30,31)23-14-12-22(13-15-23)27-26-11-5-16-32(26)17-6-18-33(27)20-21-7-4-10-25(19-21)34-24-8-2-1-3-9-24/h1-5,7-16,19,27H,6,17-18,20H2. The van der Waals surface area contributed by atoms with Crippen LogP contribution in [0.3, 0.4) is 0 Å². The maximum absolute atomic E-state index is 13.1. The molecule has 3 nitrogen and oxygen atoms in total. The smallest absolute Gasteiger partial charge is 0.416 e. The zero-order valence-corrected chi connectivity index (χ0v) is 18.6. The molecular weight excluding hydrogens is 437 g/mol. The zero-order chi connectivity index (χ0) is 23.5. The maximum Gasteiger partial charge on any atom is 0.416 e. The summed E-state index contributed by atoms with van der Waals surface area (Å²) in [5.74, 6) is 1.53. The van der Waals surface area contributed by atoms with E-state index in [9.17, 15) is 13.2 Å². The van der Waals surface area contributed by atoms with Gasteiger partial charge >= 0.3 is 6.18 Å². The zero-order valence-electron chi connectivity index (χ0n) is 18.6. The second kappa shape index (κ2) is 9.39. The molecular formula is C28H25F3N2O. The number of benzene rings is 3. The number of aromatic nitrogens is 1. The number of halogens is 3. The molecule has 0 radical (unpaired) electrons. The summed E-state index contributed by atoms with van der Waals surface area (Å²) < 4.78 is 47.7. The van der Waals surface area contributed by atoms with Crippen molar-refractivity contribution in [2.24, 2.45) is 0 Å². The number of ether oxygens (including phenoxy) is 1. The van der Waals surface area contributed by atoms with E-state index in [0.717, 1.165) is 47.8 Å². The molecule has 1 aromatic heterocycles. The lowest BCUT2D eigenvalue weighted by Crippen LogP contribution is -2.29. The van der Waals surface area contributed by atoms with Crippen LogP contribution in [-0.2, 0) is 19.3 Å². The number of hydrogen-bond acceptors (Lipinski definition) is 2. The average molecular weight is 463 g/mol. The molecule has 0 N–H and O–H groups in total. The molecule has 1 atom stereocenters. The van der Waals surface area contributed by atoms with Crippen molar-refractivity contribution < 1.29 is 17.9 Å². The van der Waals surface area contributed by atoms with Crippen LogP contribution in [-0.4, -0.2) is 16.0 Å². The first-order chi connectivity index (χ1) is 16.5. The van der Waals surface area contributed by atoms with E-state index in [4.69, 9.17) is 4.74 Å². The Hall–Kier alpha value is -3.51. The van der Waals surface area contributed by atoms with Gasteiger partial charge in [0.1, 0.15) is 11.5 Å². The predicted octanol–water partition coefficient (Wildman–Crippen LogP) is 7.29. The van der Waals surface area contributed by atoms with Crippen molar-refractivity contribution in [1.29, 1.82) is 0 Å². The van der Waals surface area contributed by atoms with Crippen molar-refractivity contribution in [3.8, 4) is 11.5 Å². The first-order valence-corrected chi connectivity index (χ1v) is 11.4. The minimum atomic E-state index is -4.35. The Morgan fingerprint density at radius 3 is 2.32 bits per heavy atom. The van der Waals surface area contributed by atoms with E-state index in [1.807, 2.05) is 60.8 Å².